The van der Waals surface area contributed by atoms with Crippen molar-refractivity contribution in [2.24, 2.45) is 0 Å². The SMILES string of the molecule is CC(C)c1cccc(-c2ccc(C(=O)NCC(C)(O)CCCO)cc2)c1. The number of hydrogen-bond donors (Lipinski definition) is 3. The molecule has 0 saturated heterocycles. The lowest BCUT2D eigenvalue weighted by Gasteiger charge is -2.23. The molecule has 0 radical (unpaired) electrons. The highest BCUT2D eigenvalue weighted by Gasteiger charge is 2.20. The molecule has 0 aromatic heterocycles. The van der Waals surface area contributed by atoms with Crippen molar-refractivity contribution in [1.82, 2.24) is 5.32 Å². The van der Waals surface area contributed by atoms with Crippen molar-refractivity contribution in [2.45, 2.75) is 45.1 Å². The zero-order valence-electron chi connectivity index (χ0n) is 15.8. The van der Waals surface area contributed by atoms with Gasteiger partial charge in [-0.25, -0.2) is 0 Å². The second-order valence-electron chi connectivity index (χ2n) is 7.36. The molecule has 0 aliphatic carbocycles. The van der Waals surface area contributed by atoms with Gasteiger partial charge in [0.05, 0.1) is 5.60 Å². The molecule has 0 aliphatic rings. The Balaban J connectivity index is 2.02. The standard InChI is InChI=1S/C22H29NO3/c1-16(2)19-6-4-7-20(14-19)17-8-10-18(11-9-17)21(25)23-15-22(3,26)12-5-13-24/h4,6-11,14,16,24,26H,5,12-13,15H2,1-3H3,(H,23,25). The van der Waals surface area contributed by atoms with Crippen molar-refractivity contribution in [2.75, 3.05) is 13.2 Å². The van der Waals surface area contributed by atoms with Crippen molar-refractivity contribution in [3.8, 4) is 11.1 Å². The van der Waals surface area contributed by atoms with Crippen LogP contribution in [0.4, 0.5) is 0 Å². The van der Waals surface area contributed by atoms with Crippen LogP contribution in [0, 0.1) is 0 Å². The van der Waals surface area contributed by atoms with Gasteiger partial charge >= 0.3 is 0 Å². The van der Waals surface area contributed by atoms with E-state index in [0.29, 0.717) is 24.3 Å². The zero-order valence-corrected chi connectivity index (χ0v) is 15.8. The summed E-state index contributed by atoms with van der Waals surface area (Å²) in [5.74, 6) is 0.260. The molecule has 4 nitrogen and oxygen atoms in total. The summed E-state index contributed by atoms with van der Waals surface area (Å²) in [6.07, 6.45) is 0.946. The van der Waals surface area contributed by atoms with Gasteiger partial charge in [0.2, 0.25) is 0 Å². The Labute approximate surface area is 155 Å². The Morgan fingerprint density at radius 3 is 2.42 bits per heavy atom. The monoisotopic (exact) mass is 355 g/mol. The third kappa shape index (κ3) is 5.68. The minimum atomic E-state index is -1.02. The van der Waals surface area contributed by atoms with E-state index in [1.165, 1.54) is 5.56 Å². The van der Waals surface area contributed by atoms with E-state index in [1.807, 2.05) is 12.1 Å². The molecule has 0 spiro atoms. The average Bonchev–Trinajstić information content (AvgIpc) is 2.65. The van der Waals surface area contributed by atoms with Crippen LogP contribution in [-0.4, -0.2) is 34.9 Å². The summed E-state index contributed by atoms with van der Waals surface area (Å²) >= 11 is 0. The number of amides is 1. The summed E-state index contributed by atoms with van der Waals surface area (Å²) in [6, 6.07) is 15.9. The molecule has 2 rings (SSSR count). The van der Waals surface area contributed by atoms with Crippen LogP contribution in [0.2, 0.25) is 0 Å². The maximum Gasteiger partial charge on any atom is 0.251 e. The first-order valence-corrected chi connectivity index (χ1v) is 9.14. The largest absolute Gasteiger partial charge is 0.396 e. The quantitative estimate of drug-likeness (QED) is 0.676. The van der Waals surface area contributed by atoms with Gasteiger partial charge in [-0.1, -0.05) is 50.2 Å². The summed E-state index contributed by atoms with van der Waals surface area (Å²) in [5.41, 5.74) is 3.03. The lowest BCUT2D eigenvalue weighted by Crippen LogP contribution is -2.40. The molecule has 2 aromatic carbocycles. The second kappa shape index (κ2) is 8.97. The van der Waals surface area contributed by atoms with Crippen molar-refractivity contribution < 1.29 is 15.0 Å². The number of aliphatic hydroxyl groups is 2. The normalized spacial score (nSPS) is 13.5. The van der Waals surface area contributed by atoms with Crippen LogP contribution >= 0.6 is 0 Å². The molecular formula is C22H29NO3. The first kappa shape index (κ1) is 20.1. The number of nitrogens with one attached hydrogen (secondary N) is 1. The van der Waals surface area contributed by atoms with E-state index in [1.54, 1.807) is 19.1 Å². The van der Waals surface area contributed by atoms with Crippen molar-refractivity contribution in [1.29, 1.82) is 0 Å². The molecule has 0 bridgehead atoms. The van der Waals surface area contributed by atoms with Crippen molar-refractivity contribution in [3.05, 3.63) is 59.7 Å². The lowest BCUT2D eigenvalue weighted by molar-refractivity contribution is 0.0415. The minimum Gasteiger partial charge on any atom is -0.396 e. The predicted molar refractivity (Wildman–Crippen MR) is 105 cm³/mol. The average molecular weight is 355 g/mol. The van der Waals surface area contributed by atoms with Crippen molar-refractivity contribution >= 4 is 5.91 Å². The molecule has 140 valence electrons. The first-order valence-electron chi connectivity index (χ1n) is 9.14. The topological polar surface area (TPSA) is 69.6 Å². The molecule has 0 heterocycles. The number of aliphatic hydroxyl groups excluding tert-OH is 1. The van der Waals surface area contributed by atoms with Gasteiger partial charge in [-0.3, -0.25) is 4.79 Å². The number of rotatable bonds is 8. The fourth-order valence-electron chi connectivity index (χ4n) is 2.81. The van der Waals surface area contributed by atoms with Crippen LogP contribution < -0.4 is 5.32 Å². The van der Waals surface area contributed by atoms with Crippen molar-refractivity contribution in [3.63, 3.8) is 0 Å². The Morgan fingerprint density at radius 2 is 1.81 bits per heavy atom. The van der Waals surface area contributed by atoms with Gasteiger partial charge in [-0.15, -0.1) is 0 Å². The molecule has 1 amide bonds. The highest BCUT2D eigenvalue weighted by molar-refractivity contribution is 5.94. The number of carbonyl (C=O) groups is 1. The highest BCUT2D eigenvalue weighted by Crippen LogP contribution is 2.24. The van der Waals surface area contributed by atoms with Gasteiger partial charge in [0.25, 0.3) is 5.91 Å². The Bertz CT molecular complexity index is 720. The van der Waals surface area contributed by atoms with Crippen LogP contribution in [0.3, 0.4) is 0 Å². The fourth-order valence-corrected chi connectivity index (χ4v) is 2.81. The van der Waals surface area contributed by atoms with Gasteiger partial charge < -0.3 is 15.5 Å². The van der Waals surface area contributed by atoms with Crippen LogP contribution in [0.25, 0.3) is 11.1 Å². The van der Waals surface area contributed by atoms with E-state index in [4.69, 9.17) is 5.11 Å². The van der Waals surface area contributed by atoms with Gasteiger partial charge in [0.1, 0.15) is 0 Å². The Hall–Kier alpha value is -2.17. The number of benzene rings is 2. The van der Waals surface area contributed by atoms with Gasteiger partial charge in [-0.05, 0) is 54.5 Å². The molecule has 0 aliphatic heterocycles. The molecule has 0 fully saturated rings. The molecule has 4 heteroatoms. The molecule has 2 aromatic rings. The van der Waals surface area contributed by atoms with E-state index in [2.05, 4.69) is 43.4 Å². The summed E-state index contributed by atoms with van der Waals surface area (Å²) in [4.78, 5) is 12.3. The van der Waals surface area contributed by atoms with E-state index in [9.17, 15) is 9.90 Å². The fraction of sp³-hybridized carbons (Fsp3) is 0.409. The Morgan fingerprint density at radius 1 is 1.12 bits per heavy atom. The molecule has 1 unspecified atom stereocenters. The summed E-state index contributed by atoms with van der Waals surface area (Å²) < 4.78 is 0. The Kier molecular flexibility index (Phi) is 6.95. The molecule has 1 atom stereocenters. The maximum atomic E-state index is 12.3. The lowest BCUT2D eigenvalue weighted by atomic mass is 9.97. The van der Waals surface area contributed by atoms with E-state index < -0.39 is 5.60 Å². The highest BCUT2D eigenvalue weighted by atomic mass is 16.3. The zero-order chi connectivity index (χ0) is 19.2. The second-order valence-corrected chi connectivity index (χ2v) is 7.36. The first-order chi connectivity index (χ1) is 12.3. The van der Waals surface area contributed by atoms with Crippen LogP contribution in [0.15, 0.2) is 48.5 Å². The molecule has 0 saturated carbocycles. The van der Waals surface area contributed by atoms with Gasteiger partial charge in [0, 0.05) is 18.7 Å². The molecule has 3 N–H and O–H groups in total. The van der Waals surface area contributed by atoms with Gasteiger partial charge in [0.15, 0.2) is 0 Å². The third-order valence-corrected chi connectivity index (χ3v) is 4.54. The number of hydrogen-bond acceptors (Lipinski definition) is 3. The van der Waals surface area contributed by atoms with Crippen LogP contribution in [0.5, 0.6) is 0 Å². The van der Waals surface area contributed by atoms with E-state index in [-0.39, 0.29) is 19.1 Å². The van der Waals surface area contributed by atoms with Gasteiger partial charge in [-0.2, -0.15) is 0 Å². The van der Waals surface area contributed by atoms with Crippen LogP contribution in [0.1, 0.15) is 55.5 Å². The predicted octanol–water partition coefficient (Wildman–Crippen LogP) is 3.73. The minimum absolute atomic E-state index is 0.0313. The molecular weight excluding hydrogens is 326 g/mol. The summed E-state index contributed by atoms with van der Waals surface area (Å²) in [5, 5.41) is 21.8. The smallest absolute Gasteiger partial charge is 0.251 e. The number of carbonyl (C=O) groups excluding carboxylic acids is 1. The third-order valence-electron chi connectivity index (χ3n) is 4.54. The summed E-state index contributed by atoms with van der Waals surface area (Å²) in [6.45, 7) is 6.19. The maximum absolute atomic E-state index is 12.3. The van der Waals surface area contributed by atoms with E-state index in [0.717, 1.165) is 11.1 Å². The van der Waals surface area contributed by atoms with E-state index >= 15 is 0 Å². The molecule has 26 heavy (non-hydrogen) atoms. The summed E-state index contributed by atoms with van der Waals surface area (Å²) in [7, 11) is 0. The van der Waals surface area contributed by atoms with Crippen LogP contribution in [-0.2, 0) is 0 Å².